The third-order valence-corrected chi connectivity index (χ3v) is 4.00. The Morgan fingerprint density at radius 2 is 1.90 bits per heavy atom. The van der Waals surface area contributed by atoms with E-state index in [0.717, 1.165) is 36.2 Å². The molecular formula is C15H25NO3S. The molecule has 0 aliphatic rings. The van der Waals surface area contributed by atoms with Crippen LogP contribution in [0.4, 0.5) is 0 Å². The predicted octanol–water partition coefficient (Wildman–Crippen LogP) is 2.73. The molecule has 0 fully saturated rings. The van der Waals surface area contributed by atoms with E-state index in [4.69, 9.17) is 14.2 Å². The summed E-state index contributed by atoms with van der Waals surface area (Å²) in [5.74, 6) is 3.55. The molecule has 0 saturated heterocycles. The molecule has 0 amide bonds. The van der Waals surface area contributed by atoms with Crippen LogP contribution in [0, 0.1) is 0 Å². The van der Waals surface area contributed by atoms with Crippen LogP contribution in [0.25, 0.3) is 0 Å². The van der Waals surface area contributed by atoms with E-state index in [1.54, 1.807) is 21.3 Å². The highest BCUT2D eigenvalue weighted by Gasteiger charge is 2.13. The fourth-order valence-electron chi connectivity index (χ4n) is 1.93. The fraction of sp³-hybridized carbons (Fsp3) is 0.600. The first-order valence-corrected chi connectivity index (χ1v) is 7.94. The second kappa shape index (κ2) is 9.91. The maximum atomic E-state index is 5.37. The van der Waals surface area contributed by atoms with E-state index < -0.39 is 0 Å². The molecule has 0 heterocycles. The summed E-state index contributed by atoms with van der Waals surface area (Å²) in [6.07, 6.45) is 0. The molecule has 0 radical (unpaired) electrons. The van der Waals surface area contributed by atoms with E-state index in [2.05, 4.69) is 18.3 Å². The molecule has 0 aliphatic heterocycles. The van der Waals surface area contributed by atoms with Crippen LogP contribution in [0.2, 0.25) is 0 Å². The zero-order valence-corrected chi connectivity index (χ0v) is 13.6. The summed E-state index contributed by atoms with van der Waals surface area (Å²) in [5.41, 5.74) is 1.22. The van der Waals surface area contributed by atoms with Crippen LogP contribution < -0.4 is 14.8 Å². The molecule has 0 bridgehead atoms. The van der Waals surface area contributed by atoms with Crippen LogP contribution in [0.15, 0.2) is 18.2 Å². The van der Waals surface area contributed by atoms with Crippen molar-refractivity contribution in [1.82, 2.24) is 5.32 Å². The summed E-state index contributed by atoms with van der Waals surface area (Å²) in [4.78, 5) is 0. The Balaban J connectivity index is 2.74. The number of methoxy groups -OCH3 is 3. The van der Waals surface area contributed by atoms with E-state index in [1.165, 1.54) is 5.56 Å². The van der Waals surface area contributed by atoms with Crippen molar-refractivity contribution < 1.29 is 14.2 Å². The predicted molar refractivity (Wildman–Crippen MR) is 85.2 cm³/mol. The SMILES string of the molecule is CCNC(CSCCOC)c1ccc(OC)c(OC)c1. The third-order valence-electron chi connectivity index (χ3n) is 2.98. The van der Waals surface area contributed by atoms with Crippen molar-refractivity contribution in [2.75, 3.05) is 46.0 Å². The summed E-state index contributed by atoms with van der Waals surface area (Å²) in [5, 5.41) is 3.51. The van der Waals surface area contributed by atoms with Gasteiger partial charge in [-0.3, -0.25) is 0 Å². The van der Waals surface area contributed by atoms with Gasteiger partial charge in [0.25, 0.3) is 0 Å². The van der Waals surface area contributed by atoms with Gasteiger partial charge in [-0.25, -0.2) is 0 Å². The van der Waals surface area contributed by atoms with Gasteiger partial charge in [-0.1, -0.05) is 13.0 Å². The smallest absolute Gasteiger partial charge is 0.161 e. The molecule has 0 saturated carbocycles. The molecule has 20 heavy (non-hydrogen) atoms. The number of hydrogen-bond acceptors (Lipinski definition) is 5. The molecule has 1 unspecified atom stereocenters. The van der Waals surface area contributed by atoms with Crippen LogP contribution in [0.5, 0.6) is 11.5 Å². The summed E-state index contributed by atoms with van der Waals surface area (Å²) in [6.45, 7) is 3.84. The zero-order valence-electron chi connectivity index (χ0n) is 12.8. The Hall–Kier alpha value is -0.910. The molecule has 1 aromatic rings. The Morgan fingerprint density at radius 3 is 2.50 bits per heavy atom. The number of rotatable bonds is 10. The first kappa shape index (κ1) is 17.1. The number of hydrogen-bond donors (Lipinski definition) is 1. The minimum Gasteiger partial charge on any atom is -0.493 e. The first-order chi connectivity index (χ1) is 9.76. The Morgan fingerprint density at radius 1 is 1.15 bits per heavy atom. The van der Waals surface area contributed by atoms with Gasteiger partial charge in [-0.05, 0) is 24.2 Å². The number of ether oxygens (including phenoxy) is 3. The van der Waals surface area contributed by atoms with Gasteiger partial charge < -0.3 is 19.5 Å². The van der Waals surface area contributed by atoms with Crippen LogP contribution >= 0.6 is 11.8 Å². The third kappa shape index (κ3) is 5.23. The van der Waals surface area contributed by atoms with E-state index in [0.29, 0.717) is 6.04 Å². The maximum Gasteiger partial charge on any atom is 0.161 e. The number of thioether (sulfide) groups is 1. The highest BCUT2D eigenvalue weighted by atomic mass is 32.2. The van der Waals surface area contributed by atoms with E-state index in [-0.39, 0.29) is 0 Å². The van der Waals surface area contributed by atoms with Gasteiger partial charge in [-0.15, -0.1) is 0 Å². The van der Waals surface area contributed by atoms with Gasteiger partial charge in [0, 0.05) is 24.7 Å². The average Bonchev–Trinajstić information content (AvgIpc) is 2.49. The highest BCUT2D eigenvalue weighted by molar-refractivity contribution is 7.99. The molecule has 1 rings (SSSR count). The van der Waals surface area contributed by atoms with Crippen molar-refractivity contribution in [3.8, 4) is 11.5 Å². The minimum atomic E-state index is 0.307. The molecule has 114 valence electrons. The zero-order chi connectivity index (χ0) is 14.8. The van der Waals surface area contributed by atoms with E-state index >= 15 is 0 Å². The van der Waals surface area contributed by atoms with Crippen LogP contribution in [0.1, 0.15) is 18.5 Å². The van der Waals surface area contributed by atoms with Gasteiger partial charge in [0.1, 0.15) is 0 Å². The van der Waals surface area contributed by atoms with E-state index in [1.807, 2.05) is 23.9 Å². The van der Waals surface area contributed by atoms with Gasteiger partial charge in [0.2, 0.25) is 0 Å². The maximum absolute atomic E-state index is 5.37. The van der Waals surface area contributed by atoms with Crippen molar-refractivity contribution in [2.24, 2.45) is 0 Å². The van der Waals surface area contributed by atoms with Gasteiger partial charge in [0.15, 0.2) is 11.5 Å². The lowest BCUT2D eigenvalue weighted by Crippen LogP contribution is -2.23. The molecule has 0 aliphatic carbocycles. The second-order valence-electron chi connectivity index (χ2n) is 4.29. The molecule has 0 spiro atoms. The van der Waals surface area contributed by atoms with Crippen LogP contribution in [-0.2, 0) is 4.74 Å². The first-order valence-electron chi connectivity index (χ1n) is 6.78. The molecule has 0 aromatic heterocycles. The van der Waals surface area contributed by atoms with Gasteiger partial charge in [-0.2, -0.15) is 11.8 Å². The van der Waals surface area contributed by atoms with Crippen molar-refractivity contribution in [2.45, 2.75) is 13.0 Å². The quantitative estimate of drug-likeness (QED) is 0.673. The Bertz CT molecular complexity index is 387. The molecule has 5 heteroatoms. The van der Waals surface area contributed by atoms with Gasteiger partial charge in [0.05, 0.1) is 20.8 Å². The lowest BCUT2D eigenvalue weighted by Gasteiger charge is -2.19. The van der Waals surface area contributed by atoms with Crippen molar-refractivity contribution in [3.63, 3.8) is 0 Å². The fourth-order valence-corrected chi connectivity index (χ4v) is 2.93. The summed E-state index contributed by atoms with van der Waals surface area (Å²) in [6, 6.07) is 6.40. The molecule has 1 N–H and O–H groups in total. The largest absolute Gasteiger partial charge is 0.493 e. The normalized spacial score (nSPS) is 12.2. The molecule has 4 nitrogen and oxygen atoms in total. The topological polar surface area (TPSA) is 39.7 Å². The lowest BCUT2D eigenvalue weighted by atomic mass is 10.1. The summed E-state index contributed by atoms with van der Waals surface area (Å²) < 4.78 is 15.7. The van der Waals surface area contributed by atoms with Crippen LogP contribution in [0.3, 0.4) is 0 Å². The lowest BCUT2D eigenvalue weighted by molar-refractivity contribution is 0.218. The number of nitrogens with one attached hydrogen (secondary N) is 1. The molecule has 1 atom stereocenters. The Kier molecular flexibility index (Phi) is 8.49. The molecule has 1 aromatic carbocycles. The van der Waals surface area contributed by atoms with Gasteiger partial charge >= 0.3 is 0 Å². The van der Waals surface area contributed by atoms with Crippen LogP contribution in [-0.4, -0.2) is 46.0 Å². The van der Waals surface area contributed by atoms with Crippen molar-refractivity contribution in [1.29, 1.82) is 0 Å². The average molecular weight is 299 g/mol. The van der Waals surface area contributed by atoms with E-state index in [9.17, 15) is 0 Å². The van der Waals surface area contributed by atoms with Crippen molar-refractivity contribution >= 4 is 11.8 Å². The Labute approximate surface area is 126 Å². The highest BCUT2D eigenvalue weighted by Crippen LogP contribution is 2.30. The monoisotopic (exact) mass is 299 g/mol. The molecular weight excluding hydrogens is 274 g/mol. The summed E-state index contributed by atoms with van der Waals surface area (Å²) in [7, 11) is 5.05. The standard InChI is InChI=1S/C15H25NO3S/c1-5-16-13(11-20-9-8-17-2)12-6-7-14(18-3)15(10-12)19-4/h6-7,10,13,16H,5,8-9,11H2,1-4H3. The summed E-state index contributed by atoms with van der Waals surface area (Å²) >= 11 is 1.88. The second-order valence-corrected chi connectivity index (χ2v) is 5.44. The number of benzene rings is 1. The van der Waals surface area contributed by atoms with Crippen molar-refractivity contribution in [3.05, 3.63) is 23.8 Å². The minimum absolute atomic E-state index is 0.307.